The lowest BCUT2D eigenvalue weighted by Gasteiger charge is -2.17. The molecule has 12 nitrogen and oxygen atoms in total. The van der Waals surface area contributed by atoms with E-state index < -0.39 is 60.8 Å². The topological polar surface area (TPSA) is 159 Å². The summed E-state index contributed by atoms with van der Waals surface area (Å²) in [5, 5.41) is 20.0. The van der Waals surface area contributed by atoms with Gasteiger partial charge in [-0.2, -0.15) is 0 Å². The van der Waals surface area contributed by atoms with Crippen molar-refractivity contribution < 1.29 is 29.3 Å². The van der Waals surface area contributed by atoms with Crippen LogP contribution in [0, 0.1) is 0 Å². The van der Waals surface area contributed by atoms with Crippen LogP contribution in [-0.2, 0) is 38.7 Å². The molecule has 1 heterocycles. The minimum atomic E-state index is -1.47. The van der Waals surface area contributed by atoms with E-state index in [9.17, 15) is 34.2 Å². The predicted molar refractivity (Wildman–Crippen MR) is 108 cm³/mol. The fourth-order valence-electron chi connectivity index (χ4n) is 2.51. The molecule has 172 valence electrons. The third-order valence-corrected chi connectivity index (χ3v) is 4.22. The number of hydrogen-bond donors (Lipinski definition) is 2. The van der Waals surface area contributed by atoms with Gasteiger partial charge < -0.3 is 19.7 Å². The number of aliphatic hydroxyl groups excluding tert-OH is 2. The van der Waals surface area contributed by atoms with Crippen LogP contribution >= 0.6 is 0 Å². The van der Waals surface area contributed by atoms with E-state index in [-0.39, 0.29) is 25.1 Å². The maximum Gasteiger partial charge on any atom is 0.336 e. The van der Waals surface area contributed by atoms with Crippen molar-refractivity contribution in [3.63, 3.8) is 0 Å². The first-order chi connectivity index (χ1) is 14.6. The van der Waals surface area contributed by atoms with Gasteiger partial charge in [-0.25, -0.2) is 32.9 Å². The van der Waals surface area contributed by atoms with Gasteiger partial charge in [0.25, 0.3) is 0 Å². The van der Waals surface area contributed by atoms with Gasteiger partial charge in [-0.3, -0.25) is 4.79 Å². The molecular weight excluding hydrogens is 414 g/mol. The summed E-state index contributed by atoms with van der Waals surface area (Å²) in [6, 6.07) is 0. The maximum absolute atomic E-state index is 12.6. The van der Waals surface area contributed by atoms with Gasteiger partial charge in [-0.15, -0.1) is 6.58 Å². The second kappa shape index (κ2) is 11.8. The summed E-state index contributed by atoms with van der Waals surface area (Å²) in [6.07, 6.45) is -1.39. The van der Waals surface area contributed by atoms with Crippen LogP contribution in [0.4, 0.5) is 0 Å². The SMILES string of the molecule is C=CCn1c(=O)n(CC(O)CC)c(=O)n(CC(O)COC(=O)CC(=C)C(=O)OC)c1=O. The maximum atomic E-state index is 12.6. The number of aromatic nitrogens is 3. The number of carbonyl (C=O) groups is 2. The molecule has 0 aromatic carbocycles. The van der Waals surface area contributed by atoms with E-state index in [1.807, 2.05) is 0 Å². The molecule has 0 amide bonds. The molecule has 12 heteroatoms. The lowest BCUT2D eigenvalue weighted by molar-refractivity contribution is -0.148. The van der Waals surface area contributed by atoms with E-state index in [1.165, 1.54) is 6.08 Å². The van der Waals surface area contributed by atoms with Gasteiger partial charge in [-0.1, -0.05) is 19.6 Å². The predicted octanol–water partition coefficient (Wildman–Crippen LogP) is -1.85. The van der Waals surface area contributed by atoms with Crippen molar-refractivity contribution in [1.29, 1.82) is 0 Å². The Labute approximate surface area is 177 Å². The lowest BCUT2D eigenvalue weighted by Crippen LogP contribution is -2.56. The lowest BCUT2D eigenvalue weighted by atomic mass is 10.2. The van der Waals surface area contributed by atoms with Crippen LogP contribution in [0.25, 0.3) is 0 Å². The van der Waals surface area contributed by atoms with Crippen molar-refractivity contribution >= 4 is 11.9 Å². The average molecular weight is 441 g/mol. The van der Waals surface area contributed by atoms with Crippen molar-refractivity contribution in [1.82, 2.24) is 13.7 Å². The van der Waals surface area contributed by atoms with Crippen molar-refractivity contribution in [2.45, 2.75) is 51.6 Å². The third-order valence-electron chi connectivity index (χ3n) is 4.22. The van der Waals surface area contributed by atoms with E-state index in [2.05, 4.69) is 17.9 Å². The highest BCUT2D eigenvalue weighted by atomic mass is 16.5. The van der Waals surface area contributed by atoms with Gasteiger partial charge in [0, 0.05) is 5.57 Å². The largest absolute Gasteiger partial charge is 0.466 e. The van der Waals surface area contributed by atoms with Crippen molar-refractivity contribution in [3.05, 3.63) is 56.3 Å². The molecule has 31 heavy (non-hydrogen) atoms. The highest BCUT2D eigenvalue weighted by molar-refractivity contribution is 5.93. The summed E-state index contributed by atoms with van der Waals surface area (Å²) >= 11 is 0. The van der Waals surface area contributed by atoms with Gasteiger partial charge in [0.05, 0.1) is 39.3 Å². The van der Waals surface area contributed by atoms with Crippen LogP contribution in [0.2, 0.25) is 0 Å². The Morgan fingerprint density at radius 3 is 2.03 bits per heavy atom. The molecule has 0 aliphatic carbocycles. The number of nitrogens with zero attached hydrogens (tertiary/aromatic N) is 3. The molecule has 1 aromatic rings. The molecule has 0 aliphatic heterocycles. The molecule has 1 rings (SSSR count). The molecule has 0 radical (unpaired) electrons. The number of esters is 2. The van der Waals surface area contributed by atoms with Crippen LogP contribution in [0.3, 0.4) is 0 Å². The molecule has 2 unspecified atom stereocenters. The molecule has 0 saturated carbocycles. The van der Waals surface area contributed by atoms with Gasteiger partial charge in [0.1, 0.15) is 12.7 Å². The number of aliphatic hydroxyl groups is 2. The van der Waals surface area contributed by atoms with E-state index in [1.54, 1.807) is 6.92 Å². The number of hydrogen-bond acceptors (Lipinski definition) is 9. The van der Waals surface area contributed by atoms with Crippen molar-refractivity contribution in [3.8, 4) is 0 Å². The van der Waals surface area contributed by atoms with Gasteiger partial charge in [0.2, 0.25) is 0 Å². The molecule has 2 N–H and O–H groups in total. The molecule has 0 spiro atoms. The standard InChI is InChI=1S/C19H27N3O9/c1-5-7-20-17(27)21(9-13(23)6-2)19(29)22(18(20)28)10-14(24)11-31-15(25)8-12(3)16(26)30-4/h5,13-14,23-24H,1,3,6-11H2,2,4H3. The fraction of sp³-hybridized carbons (Fsp3) is 0.526. The second-order valence-electron chi connectivity index (χ2n) is 6.64. The Kier molecular flexibility index (Phi) is 9.83. The second-order valence-corrected chi connectivity index (χ2v) is 6.64. The number of ether oxygens (including phenoxy) is 2. The summed E-state index contributed by atoms with van der Waals surface area (Å²) < 4.78 is 11.3. The van der Waals surface area contributed by atoms with Crippen LogP contribution in [0.1, 0.15) is 19.8 Å². The Balaban J connectivity index is 3.07. The molecule has 0 aliphatic rings. The summed E-state index contributed by atoms with van der Waals surface area (Å²) in [4.78, 5) is 60.6. The number of methoxy groups -OCH3 is 1. The number of rotatable bonds is 12. The molecule has 0 saturated heterocycles. The normalized spacial score (nSPS) is 12.6. The third kappa shape index (κ3) is 6.89. The smallest absolute Gasteiger partial charge is 0.336 e. The number of allylic oxidation sites excluding steroid dienone is 1. The van der Waals surface area contributed by atoms with E-state index in [4.69, 9.17) is 4.74 Å². The van der Waals surface area contributed by atoms with Gasteiger partial charge >= 0.3 is 29.0 Å². The summed E-state index contributed by atoms with van der Waals surface area (Å²) in [5.74, 6) is -1.66. The minimum absolute atomic E-state index is 0.146. The summed E-state index contributed by atoms with van der Waals surface area (Å²) in [7, 11) is 1.12. The zero-order valence-electron chi connectivity index (χ0n) is 17.5. The van der Waals surface area contributed by atoms with Crippen molar-refractivity contribution in [2.24, 2.45) is 0 Å². The highest BCUT2D eigenvalue weighted by Gasteiger charge is 2.20. The van der Waals surface area contributed by atoms with E-state index in [0.29, 0.717) is 9.13 Å². The van der Waals surface area contributed by atoms with E-state index >= 15 is 0 Å². The Bertz CT molecular complexity index is 1000. The Morgan fingerprint density at radius 1 is 1.03 bits per heavy atom. The Morgan fingerprint density at radius 2 is 1.55 bits per heavy atom. The quantitative estimate of drug-likeness (QED) is 0.216. The van der Waals surface area contributed by atoms with Crippen LogP contribution in [0.5, 0.6) is 0 Å². The molecule has 2 atom stereocenters. The first-order valence-electron chi connectivity index (χ1n) is 9.40. The molecule has 1 aromatic heterocycles. The molecule has 0 fully saturated rings. The molecular formula is C19H27N3O9. The minimum Gasteiger partial charge on any atom is -0.466 e. The van der Waals surface area contributed by atoms with Crippen LogP contribution in [-0.4, -0.2) is 61.8 Å². The number of carbonyl (C=O) groups excluding carboxylic acids is 2. The summed E-state index contributed by atoms with van der Waals surface area (Å²) in [6.45, 7) is 6.78. The molecule has 0 bridgehead atoms. The first-order valence-corrected chi connectivity index (χ1v) is 9.40. The summed E-state index contributed by atoms with van der Waals surface area (Å²) in [5.41, 5.74) is -3.07. The van der Waals surface area contributed by atoms with Gasteiger partial charge in [0.15, 0.2) is 0 Å². The fourth-order valence-corrected chi connectivity index (χ4v) is 2.51. The van der Waals surface area contributed by atoms with Gasteiger partial charge in [-0.05, 0) is 6.42 Å². The Hall–Kier alpha value is -3.25. The van der Waals surface area contributed by atoms with Crippen molar-refractivity contribution in [2.75, 3.05) is 13.7 Å². The van der Waals surface area contributed by atoms with Crippen LogP contribution in [0.15, 0.2) is 39.2 Å². The van der Waals surface area contributed by atoms with E-state index in [0.717, 1.165) is 11.7 Å². The zero-order valence-corrected chi connectivity index (χ0v) is 17.5. The van der Waals surface area contributed by atoms with Crippen LogP contribution < -0.4 is 17.1 Å². The highest BCUT2D eigenvalue weighted by Crippen LogP contribution is 2.03. The average Bonchev–Trinajstić information content (AvgIpc) is 2.74. The first kappa shape index (κ1) is 25.8. The monoisotopic (exact) mass is 441 g/mol. The zero-order chi connectivity index (χ0) is 23.7.